The molecule has 168 valence electrons. The Hall–Kier alpha value is -3.20. The Kier molecular flexibility index (Phi) is 7.63. The van der Waals surface area contributed by atoms with E-state index in [9.17, 15) is 9.59 Å². The summed E-state index contributed by atoms with van der Waals surface area (Å²) in [6, 6.07) is 10.5. The molecule has 2 aromatic carbocycles. The molecule has 8 nitrogen and oxygen atoms in total. The third kappa shape index (κ3) is 5.16. The van der Waals surface area contributed by atoms with Crippen LogP contribution in [0.25, 0.3) is 10.9 Å². The molecule has 0 aliphatic heterocycles. The van der Waals surface area contributed by atoms with Gasteiger partial charge in [-0.15, -0.1) is 0 Å². The van der Waals surface area contributed by atoms with Gasteiger partial charge in [0.15, 0.2) is 18.1 Å². The van der Waals surface area contributed by atoms with E-state index in [2.05, 4.69) is 25.8 Å². The number of hydrogen-bond donors (Lipinski definition) is 0. The average Bonchev–Trinajstić information content (AvgIpc) is 2.81. The molecule has 0 radical (unpaired) electrons. The molecule has 0 saturated carbocycles. The SMILES string of the molecule is CC[C@@H](C)c1nc2ccc(Br)cc2c(=O)n1N=Cc1ccc(OCC(=O)OC)c(OC)c1. The molecule has 9 heteroatoms. The zero-order valence-electron chi connectivity index (χ0n) is 18.3. The van der Waals surface area contributed by atoms with Crippen molar-refractivity contribution in [2.75, 3.05) is 20.8 Å². The van der Waals surface area contributed by atoms with Crippen LogP contribution in [0.1, 0.15) is 37.6 Å². The monoisotopic (exact) mass is 501 g/mol. The highest BCUT2D eigenvalue weighted by molar-refractivity contribution is 9.10. The maximum atomic E-state index is 13.2. The minimum atomic E-state index is -0.495. The number of esters is 1. The van der Waals surface area contributed by atoms with Crippen LogP contribution in [-0.2, 0) is 9.53 Å². The summed E-state index contributed by atoms with van der Waals surface area (Å²) in [6.45, 7) is 3.82. The van der Waals surface area contributed by atoms with Gasteiger partial charge in [0.25, 0.3) is 5.56 Å². The van der Waals surface area contributed by atoms with E-state index in [0.717, 1.165) is 10.9 Å². The number of rotatable bonds is 8. The molecular formula is C23H24BrN3O5. The Balaban J connectivity index is 2.01. The lowest BCUT2D eigenvalue weighted by Crippen LogP contribution is -2.23. The van der Waals surface area contributed by atoms with Gasteiger partial charge in [-0.2, -0.15) is 9.78 Å². The van der Waals surface area contributed by atoms with Crippen LogP contribution in [0.4, 0.5) is 0 Å². The highest BCUT2D eigenvalue weighted by atomic mass is 79.9. The van der Waals surface area contributed by atoms with Crippen LogP contribution in [0, 0.1) is 0 Å². The fourth-order valence-corrected chi connectivity index (χ4v) is 3.34. The number of halogens is 1. The minimum absolute atomic E-state index is 0.0385. The predicted molar refractivity (Wildman–Crippen MR) is 126 cm³/mol. The molecule has 1 heterocycles. The smallest absolute Gasteiger partial charge is 0.343 e. The van der Waals surface area contributed by atoms with Crippen LogP contribution < -0.4 is 15.0 Å². The van der Waals surface area contributed by atoms with Gasteiger partial charge in [0.2, 0.25) is 0 Å². The first-order valence-electron chi connectivity index (χ1n) is 10.0. The lowest BCUT2D eigenvalue weighted by Gasteiger charge is -2.14. The number of methoxy groups -OCH3 is 2. The van der Waals surface area contributed by atoms with Crippen LogP contribution in [0.15, 0.2) is 50.8 Å². The zero-order chi connectivity index (χ0) is 23.3. The van der Waals surface area contributed by atoms with E-state index in [0.29, 0.717) is 33.8 Å². The summed E-state index contributed by atoms with van der Waals surface area (Å²) in [5, 5.41) is 4.93. The Morgan fingerprint density at radius 1 is 1.22 bits per heavy atom. The van der Waals surface area contributed by atoms with E-state index in [1.807, 2.05) is 26.0 Å². The molecule has 3 aromatic rings. The molecule has 1 aromatic heterocycles. The molecular weight excluding hydrogens is 478 g/mol. The van der Waals surface area contributed by atoms with Crippen LogP contribution in [-0.4, -0.2) is 42.7 Å². The van der Waals surface area contributed by atoms with Gasteiger partial charge in [0.05, 0.1) is 31.3 Å². The zero-order valence-corrected chi connectivity index (χ0v) is 19.9. The van der Waals surface area contributed by atoms with E-state index in [1.165, 1.54) is 18.9 Å². The Bertz CT molecular complexity index is 1220. The fraction of sp³-hybridized carbons (Fsp3) is 0.304. The highest BCUT2D eigenvalue weighted by Crippen LogP contribution is 2.28. The van der Waals surface area contributed by atoms with Crippen LogP contribution in [0.3, 0.4) is 0 Å². The Labute approximate surface area is 194 Å². The fourth-order valence-electron chi connectivity index (χ4n) is 2.98. The predicted octanol–water partition coefficient (Wildman–Crippen LogP) is 4.12. The van der Waals surface area contributed by atoms with Gasteiger partial charge in [-0.1, -0.05) is 29.8 Å². The van der Waals surface area contributed by atoms with Gasteiger partial charge in [-0.05, 0) is 48.4 Å². The van der Waals surface area contributed by atoms with Gasteiger partial charge < -0.3 is 14.2 Å². The second kappa shape index (κ2) is 10.4. The van der Waals surface area contributed by atoms with Crippen molar-refractivity contribution >= 4 is 39.0 Å². The second-order valence-corrected chi connectivity index (χ2v) is 7.99. The number of benzene rings is 2. The van der Waals surface area contributed by atoms with Crippen molar-refractivity contribution in [2.45, 2.75) is 26.2 Å². The average molecular weight is 502 g/mol. The van der Waals surface area contributed by atoms with Crippen molar-refractivity contribution in [3.8, 4) is 11.5 Å². The summed E-state index contributed by atoms with van der Waals surface area (Å²) >= 11 is 3.41. The van der Waals surface area contributed by atoms with Gasteiger partial charge in [-0.25, -0.2) is 9.78 Å². The summed E-state index contributed by atoms with van der Waals surface area (Å²) in [7, 11) is 2.79. The third-order valence-electron chi connectivity index (χ3n) is 4.97. The van der Waals surface area contributed by atoms with Crippen molar-refractivity contribution in [3.63, 3.8) is 0 Å². The molecule has 32 heavy (non-hydrogen) atoms. The second-order valence-electron chi connectivity index (χ2n) is 7.08. The van der Waals surface area contributed by atoms with Gasteiger partial charge in [0, 0.05) is 10.4 Å². The highest BCUT2D eigenvalue weighted by Gasteiger charge is 2.16. The summed E-state index contributed by atoms with van der Waals surface area (Å²) < 4.78 is 17.5. The number of nitrogens with zero attached hydrogens (tertiary/aromatic N) is 3. The summed E-state index contributed by atoms with van der Waals surface area (Å²) in [5.41, 5.74) is 1.07. The lowest BCUT2D eigenvalue weighted by atomic mass is 10.1. The molecule has 0 aliphatic carbocycles. The molecule has 1 atom stereocenters. The first-order chi connectivity index (χ1) is 15.4. The van der Waals surface area contributed by atoms with Crippen molar-refractivity contribution in [3.05, 3.63) is 62.6 Å². The summed E-state index contributed by atoms with van der Waals surface area (Å²) in [5.74, 6) is 0.952. The van der Waals surface area contributed by atoms with E-state index in [1.54, 1.807) is 30.5 Å². The summed E-state index contributed by atoms with van der Waals surface area (Å²) in [4.78, 5) is 29.2. The molecule has 0 unspecified atom stereocenters. The van der Waals surface area contributed by atoms with Crippen molar-refractivity contribution < 1.29 is 19.0 Å². The first-order valence-corrected chi connectivity index (χ1v) is 10.8. The van der Waals surface area contributed by atoms with E-state index < -0.39 is 5.97 Å². The number of ether oxygens (including phenoxy) is 3. The minimum Gasteiger partial charge on any atom is -0.493 e. The maximum Gasteiger partial charge on any atom is 0.343 e. The first kappa shape index (κ1) is 23.5. The van der Waals surface area contributed by atoms with E-state index in [4.69, 9.17) is 14.5 Å². The standard InChI is InChI=1S/C23H24BrN3O5/c1-5-14(2)22-26-18-8-7-16(24)11-17(18)23(29)27(22)25-12-15-6-9-19(20(10-15)30-3)32-13-21(28)31-4/h6-12,14H,5,13H2,1-4H3/t14-/m1/s1. The largest absolute Gasteiger partial charge is 0.493 e. The van der Waals surface area contributed by atoms with E-state index >= 15 is 0 Å². The third-order valence-corrected chi connectivity index (χ3v) is 5.46. The Morgan fingerprint density at radius 2 is 2.00 bits per heavy atom. The number of carbonyl (C=O) groups is 1. The summed E-state index contributed by atoms with van der Waals surface area (Å²) in [6.07, 6.45) is 2.37. The number of aromatic nitrogens is 2. The van der Waals surface area contributed by atoms with Crippen molar-refractivity contribution in [2.24, 2.45) is 5.10 Å². The molecule has 0 bridgehead atoms. The lowest BCUT2D eigenvalue weighted by molar-refractivity contribution is -0.142. The molecule has 0 fully saturated rings. The molecule has 0 spiro atoms. The molecule has 3 rings (SSSR count). The van der Waals surface area contributed by atoms with E-state index in [-0.39, 0.29) is 18.1 Å². The van der Waals surface area contributed by atoms with Crippen LogP contribution in [0.5, 0.6) is 11.5 Å². The van der Waals surface area contributed by atoms with Crippen molar-refractivity contribution in [1.29, 1.82) is 0 Å². The maximum absolute atomic E-state index is 13.2. The molecule has 0 saturated heterocycles. The number of hydrogen-bond acceptors (Lipinski definition) is 7. The number of carbonyl (C=O) groups excluding carboxylic acids is 1. The van der Waals surface area contributed by atoms with Gasteiger partial charge in [0.1, 0.15) is 5.82 Å². The van der Waals surface area contributed by atoms with Crippen LogP contribution >= 0.6 is 15.9 Å². The van der Waals surface area contributed by atoms with Gasteiger partial charge in [-0.3, -0.25) is 4.79 Å². The molecule has 0 amide bonds. The topological polar surface area (TPSA) is 92.0 Å². The number of fused-ring (bicyclic) bond motifs is 1. The van der Waals surface area contributed by atoms with Gasteiger partial charge >= 0.3 is 5.97 Å². The van der Waals surface area contributed by atoms with Crippen LogP contribution in [0.2, 0.25) is 0 Å². The normalized spacial score (nSPS) is 12.2. The quantitative estimate of drug-likeness (QED) is 0.340. The molecule has 0 aliphatic rings. The van der Waals surface area contributed by atoms with Crippen molar-refractivity contribution in [1.82, 2.24) is 9.66 Å². The molecule has 0 N–H and O–H groups in total. The Morgan fingerprint density at radius 3 is 2.69 bits per heavy atom.